The Morgan fingerprint density at radius 3 is 2.65 bits per heavy atom. The molecule has 140 valence electrons. The standard InChI is InChI=1S/C21H24F2O3/c1-11(24)13-4-5-14-15-9-17(22)16-8-12(25)6-7-20(16,3)21(15,23)18(26)10-19(13,14)2/h4,6-8,14-15,17-18,26H,5,9-10H2,1-3H3/t14?,15?,17?,18?,19-,20+,21+/m1/s1. The average molecular weight is 362 g/mol. The van der Waals surface area contributed by atoms with Crippen LogP contribution in [-0.2, 0) is 9.59 Å². The molecule has 2 saturated carbocycles. The molecule has 0 aliphatic heterocycles. The summed E-state index contributed by atoms with van der Waals surface area (Å²) in [6, 6.07) is 0. The molecule has 0 aromatic rings. The van der Waals surface area contributed by atoms with Gasteiger partial charge in [0.15, 0.2) is 17.2 Å². The minimum absolute atomic E-state index is 0.0730. The van der Waals surface area contributed by atoms with E-state index in [1.54, 1.807) is 6.92 Å². The summed E-state index contributed by atoms with van der Waals surface area (Å²) >= 11 is 0. The quantitative estimate of drug-likeness (QED) is 0.778. The molecule has 4 rings (SSSR count). The van der Waals surface area contributed by atoms with Crippen LogP contribution in [0.4, 0.5) is 8.78 Å². The monoisotopic (exact) mass is 362 g/mol. The molecule has 1 N–H and O–H groups in total. The largest absolute Gasteiger partial charge is 0.390 e. The number of allylic oxidation sites excluding steroid dienone is 6. The smallest absolute Gasteiger partial charge is 0.178 e. The Morgan fingerprint density at radius 1 is 1.31 bits per heavy atom. The Bertz CT molecular complexity index is 797. The number of fused-ring (bicyclic) bond motifs is 5. The molecule has 0 heterocycles. The second-order valence-corrected chi connectivity index (χ2v) is 8.77. The van der Waals surface area contributed by atoms with E-state index in [4.69, 9.17) is 0 Å². The number of carbonyl (C=O) groups is 2. The molecule has 2 fully saturated rings. The van der Waals surface area contributed by atoms with E-state index in [1.807, 2.05) is 13.0 Å². The fourth-order valence-electron chi connectivity index (χ4n) is 6.32. The summed E-state index contributed by atoms with van der Waals surface area (Å²) in [6.07, 6.45) is 3.53. The lowest BCUT2D eigenvalue weighted by Crippen LogP contribution is -2.68. The van der Waals surface area contributed by atoms with Gasteiger partial charge in [0.1, 0.15) is 6.17 Å². The Hall–Kier alpha value is -1.62. The van der Waals surface area contributed by atoms with E-state index >= 15 is 8.78 Å². The highest BCUT2D eigenvalue weighted by Crippen LogP contribution is 2.68. The van der Waals surface area contributed by atoms with Gasteiger partial charge in [0.25, 0.3) is 0 Å². The van der Waals surface area contributed by atoms with Gasteiger partial charge in [0, 0.05) is 16.7 Å². The van der Waals surface area contributed by atoms with E-state index in [9.17, 15) is 14.7 Å². The molecule has 0 bridgehead atoms. The molecule has 4 aliphatic rings. The van der Waals surface area contributed by atoms with Crippen LogP contribution in [-0.4, -0.2) is 34.6 Å². The third-order valence-electron chi connectivity index (χ3n) is 7.59. The summed E-state index contributed by atoms with van der Waals surface area (Å²) < 4.78 is 31.7. The van der Waals surface area contributed by atoms with Crippen molar-refractivity contribution >= 4 is 11.6 Å². The maximum Gasteiger partial charge on any atom is 0.178 e. The topological polar surface area (TPSA) is 54.4 Å². The lowest BCUT2D eigenvalue weighted by atomic mass is 9.45. The van der Waals surface area contributed by atoms with Crippen LogP contribution in [0.5, 0.6) is 0 Å². The first kappa shape index (κ1) is 17.8. The molecular formula is C21H24F2O3. The summed E-state index contributed by atoms with van der Waals surface area (Å²) in [5, 5.41) is 10.9. The van der Waals surface area contributed by atoms with Gasteiger partial charge in [-0.2, -0.15) is 0 Å². The van der Waals surface area contributed by atoms with E-state index in [1.165, 1.54) is 25.2 Å². The Morgan fingerprint density at radius 2 is 2.00 bits per heavy atom. The Balaban J connectivity index is 1.85. The molecule has 7 atom stereocenters. The lowest BCUT2D eigenvalue weighted by Gasteiger charge is -2.62. The number of aliphatic hydroxyl groups excluding tert-OH is 1. The first-order valence-electron chi connectivity index (χ1n) is 9.23. The van der Waals surface area contributed by atoms with Crippen LogP contribution < -0.4 is 0 Å². The molecule has 5 heteroatoms. The average Bonchev–Trinajstić information content (AvgIpc) is 2.89. The number of aliphatic hydroxyl groups is 1. The number of hydrogen-bond acceptors (Lipinski definition) is 3. The van der Waals surface area contributed by atoms with Gasteiger partial charge in [-0.05, 0) is 62.3 Å². The number of Topliss-reactive ketones (excluding diaryl/α,β-unsaturated/α-hetero) is 1. The fourth-order valence-corrected chi connectivity index (χ4v) is 6.32. The first-order chi connectivity index (χ1) is 12.1. The van der Waals surface area contributed by atoms with Crippen LogP contribution in [0.15, 0.2) is 35.5 Å². The molecule has 0 radical (unpaired) electrons. The van der Waals surface area contributed by atoms with Gasteiger partial charge >= 0.3 is 0 Å². The predicted molar refractivity (Wildman–Crippen MR) is 92.8 cm³/mol. The van der Waals surface area contributed by atoms with Crippen LogP contribution in [0, 0.1) is 22.7 Å². The summed E-state index contributed by atoms with van der Waals surface area (Å²) in [4.78, 5) is 23.8. The minimum Gasteiger partial charge on any atom is -0.390 e. The van der Waals surface area contributed by atoms with Gasteiger partial charge in [-0.15, -0.1) is 0 Å². The molecular weight excluding hydrogens is 338 g/mol. The van der Waals surface area contributed by atoms with Gasteiger partial charge in [0.2, 0.25) is 0 Å². The summed E-state index contributed by atoms with van der Waals surface area (Å²) in [7, 11) is 0. The lowest BCUT2D eigenvalue weighted by molar-refractivity contribution is -0.192. The van der Waals surface area contributed by atoms with E-state index < -0.39 is 34.7 Å². The van der Waals surface area contributed by atoms with Crippen LogP contribution >= 0.6 is 0 Å². The molecule has 4 aliphatic carbocycles. The van der Waals surface area contributed by atoms with E-state index in [2.05, 4.69) is 0 Å². The third kappa shape index (κ3) is 1.90. The number of carbonyl (C=O) groups excluding carboxylic acids is 2. The van der Waals surface area contributed by atoms with Crippen molar-refractivity contribution in [2.45, 2.75) is 58.0 Å². The third-order valence-corrected chi connectivity index (χ3v) is 7.59. The molecule has 0 aromatic carbocycles. The highest BCUT2D eigenvalue weighted by molar-refractivity contribution is 6.01. The highest BCUT2D eigenvalue weighted by Gasteiger charge is 2.71. The Labute approximate surface area is 151 Å². The number of halogens is 2. The van der Waals surface area contributed by atoms with Gasteiger partial charge in [0.05, 0.1) is 6.10 Å². The molecule has 4 unspecified atom stereocenters. The van der Waals surface area contributed by atoms with Crippen LogP contribution in [0.25, 0.3) is 0 Å². The van der Waals surface area contributed by atoms with Crippen LogP contribution in [0.1, 0.15) is 40.0 Å². The number of alkyl halides is 2. The van der Waals surface area contributed by atoms with Crippen LogP contribution in [0.3, 0.4) is 0 Å². The van der Waals surface area contributed by atoms with Crippen molar-refractivity contribution in [3.8, 4) is 0 Å². The molecule has 26 heavy (non-hydrogen) atoms. The second kappa shape index (κ2) is 5.22. The van der Waals surface area contributed by atoms with Crippen molar-refractivity contribution in [1.29, 1.82) is 0 Å². The molecule has 3 nitrogen and oxygen atoms in total. The second-order valence-electron chi connectivity index (χ2n) is 8.77. The SMILES string of the molecule is CC(=O)C1=CCC2C3CC(F)C4=CC(=O)C=C[C@]4(C)[C@@]3(F)C(O)C[C@]12C. The number of ketones is 2. The molecule has 0 saturated heterocycles. The predicted octanol–water partition coefficient (Wildman–Crippen LogP) is 3.43. The van der Waals surface area contributed by atoms with Crippen LogP contribution in [0.2, 0.25) is 0 Å². The summed E-state index contributed by atoms with van der Waals surface area (Å²) in [6.45, 7) is 4.96. The number of hydrogen-bond donors (Lipinski definition) is 1. The van der Waals surface area contributed by atoms with Gasteiger partial charge < -0.3 is 5.11 Å². The Kier molecular flexibility index (Phi) is 3.57. The van der Waals surface area contributed by atoms with E-state index in [-0.39, 0.29) is 35.9 Å². The minimum atomic E-state index is -2.07. The van der Waals surface area contributed by atoms with Crippen molar-refractivity contribution in [3.63, 3.8) is 0 Å². The summed E-state index contributed by atoms with van der Waals surface area (Å²) in [5.74, 6) is -1.38. The normalized spacial score (nSPS) is 49.7. The number of rotatable bonds is 1. The summed E-state index contributed by atoms with van der Waals surface area (Å²) in [5.41, 5.74) is -3.31. The van der Waals surface area contributed by atoms with Crippen molar-refractivity contribution < 1.29 is 23.5 Å². The van der Waals surface area contributed by atoms with Crippen molar-refractivity contribution in [2.24, 2.45) is 22.7 Å². The molecule has 0 spiro atoms. The zero-order chi connectivity index (χ0) is 19.1. The van der Waals surface area contributed by atoms with Gasteiger partial charge in [-0.1, -0.05) is 19.1 Å². The first-order valence-corrected chi connectivity index (χ1v) is 9.23. The van der Waals surface area contributed by atoms with Crippen molar-refractivity contribution in [1.82, 2.24) is 0 Å². The van der Waals surface area contributed by atoms with E-state index in [0.29, 0.717) is 12.0 Å². The van der Waals surface area contributed by atoms with Gasteiger partial charge in [-0.3, -0.25) is 9.59 Å². The molecule has 0 aromatic heterocycles. The van der Waals surface area contributed by atoms with Crippen molar-refractivity contribution in [2.75, 3.05) is 0 Å². The highest BCUT2D eigenvalue weighted by atomic mass is 19.1. The van der Waals surface area contributed by atoms with Crippen molar-refractivity contribution in [3.05, 3.63) is 35.5 Å². The maximum atomic E-state index is 16.6. The zero-order valence-corrected chi connectivity index (χ0v) is 15.3. The maximum absolute atomic E-state index is 16.6. The van der Waals surface area contributed by atoms with E-state index in [0.717, 1.165) is 0 Å². The fraction of sp³-hybridized carbons (Fsp3) is 0.619. The molecule has 0 amide bonds. The zero-order valence-electron chi connectivity index (χ0n) is 15.3. The van der Waals surface area contributed by atoms with Gasteiger partial charge in [-0.25, -0.2) is 8.78 Å².